The number of halogens is 1. The van der Waals surface area contributed by atoms with E-state index in [-0.39, 0.29) is 24.4 Å². The molecular formula is C28H29ClN2O4S2. The molecule has 3 aromatic rings. The number of esters is 1. The molecule has 0 fully saturated rings. The van der Waals surface area contributed by atoms with Crippen LogP contribution < -0.4 is 10.6 Å². The molecule has 0 aliphatic heterocycles. The zero-order valence-electron chi connectivity index (χ0n) is 20.9. The Morgan fingerprint density at radius 2 is 1.95 bits per heavy atom. The number of benzene rings is 2. The first-order valence-electron chi connectivity index (χ1n) is 12.2. The van der Waals surface area contributed by atoms with Crippen molar-refractivity contribution in [3.05, 3.63) is 75.1 Å². The molecule has 2 aromatic carbocycles. The number of ether oxygens (including phenoxy) is 1. The second-order valence-corrected chi connectivity index (χ2v) is 12.0. The Bertz CT molecular complexity index is 1320. The molecule has 1 aliphatic rings. The molecule has 1 heterocycles. The molecule has 37 heavy (non-hydrogen) atoms. The highest BCUT2D eigenvalue weighted by Gasteiger charge is 2.30. The van der Waals surface area contributed by atoms with Gasteiger partial charge in [-0.05, 0) is 81.0 Å². The van der Waals surface area contributed by atoms with Crippen LogP contribution in [0.1, 0.15) is 58.3 Å². The fourth-order valence-corrected chi connectivity index (χ4v) is 6.73. The van der Waals surface area contributed by atoms with Crippen molar-refractivity contribution in [3.8, 4) is 0 Å². The van der Waals surface area contributed by atoms with Crippen LogP contribution in [0.3, 0.4) is 0 Å². The highest BCUT2D eigenvalue weighted by atomic mass is 35.5. The number of carbonyl (C=O) groups excluding carboxylic acids is 3. The average molecular weight is 557 g/mol. The normalized spacial score (nSPS) is 15.4. The molecule has 4 rings (SSSR count). The lowest BCUT2D eigenvalue weighted by molar-refractivity contribution is -0.115. The first-order chi connectivity index (χ1) is 17.7. The monoisotopic (exact) mass is 556 g/mol. The number of anilines is 2. The average Bonchev–Trinajstić information content (AvgIpc) is 3.21. The van der Waals surface area contributed by atoms with Crippen LogP contribution in [-0.2, 0) is 22.4 Å². The summed E-state index contributed by atoms with van der Waals surface area (Å²) in [4.78, 5) is 40.5. The van der Waals surface area contributed by atoms with Crippen molar-refractivity contribution in [1.29, 1.82) is 0 Å². The van der Waals surface area contributed by atoms with Crippen LogP contribution in [0.15, 0.2) is 53.4 Å². The fraction of sp³-hybridized carbons (Fsp3) is 0.321. The van der Waals surface area contributed by atoms with Crippen LogP contribution in [-0.4, -0.2) is 29.6 Å². The number of thioether (sulfide) groups is 1. The predicted octanol–water partition coefficient (Wildman–Crippen LogP) is 7.07. The van der Waals surface area contributed by atoms with Crippen molar-refractivity contribution in [2.45, 2.75) is 50.2 Å². The first kappa shape index (κ1) is 27.2. The molecule has 2 amide bonds. The van der Waals surface area contributed by atoms with Gasteiger partial charge in [0, 0.05) is 26.0 Å². The van der Waals surface area contributed by atoms with Crippen LogP contribution in [0.5, 0.6) is 0 Å². The smallest absolute Gasteiger partial charge is 0.341 e. The van der Waals surface area contributed by atoms with Gasteiger partial charge in [-0.2, -0.15) is 0 Å². The Hall–Kier alpha value is -2.81. The third-order valence-electron chi connectivity index (χ3n) is 6.09. The van der Waals surface area contributed by atoms with E-state index in [9.17, 15) is 14.4 Å². The van der Waals surface area contributed by atoms with Gasteiger partial charge in [-0.15, -0.1) is 23.1 Å². The van der Waals surface area contributed by atoms with E-state index in [1.54, 1.807) is 37.3 Å². The van der Waals surface area contributed by atoms with E-state index >= 15 is 0 Å². The lowest BCUT2D eigenvalue weighted by Gasteiger charge is -2.18. The summed E-state index contributed by atoms with van der Waals surface area (Å²) in [7, 11) is 0. The van der Waals surface area contributed by atoms with E-state index < -0.39 is 5.25 Å². The molecule has 2 unspecified atom stereocenters. The van der Waals surface area contributed by atoms with Crippen LogP contribution >= 0.6 is 34.7 Å². The molecule has 1 aliphatic carbocycles. The van der Waals surface area contributed by atoms with Crippen molar-refractivity contribution < 1.29 is 19.1 Å². The molecule has 2 atom stereocenters. The molecule has 1 aromatic heterocycles. The molecule has 9 heteroatoms. The summed E-state index contributed by atoms with van der Waals surface area (Å²) in [6.07, 6.45) is 2.73. The van der Waals surface area contributed by atoms with Gasteiger partial charge in [0.2, 0.25) is 5.91 Å². The van der Waals surface area contributed by atoms with E-state index in [0.29, 0.717) is 32.8 Å². The maximum absolute atomic E-state index is 13.1. The Labute approximate surface area is 230 Å². The van der Waals surface area contributed by atoms with E-state index in [1.165, 1.54) is 23.1 Å². The number of carbonyl (C=O) groups is 3. The third-order valence-corrected chi connectivity index (χ3v) is 8.59. The molecule has 2 N–H and O–H groups in total. The number of fused-ring (bicyclic) bond motifs is 1. The van der Waals surface area contributed by atoms with Gasteiger partial charge in [0.25, 0.3) is 5.91 Å². The van der Waals surface area contributed by atoms with Gasteiger partial charge in [-0.25, -0.2) is 4.79 Å². The summed E-state index contributed by atoms with van der Waals surface area (Å²) >= 11 is 8.85. The number of hydrogen-bond acceptors (Lipinski definition) is 6. The number of hydrogen-bond donors (Lipinski definition) is 2. The molecule has 6 nitrogen and oxygen atoms in total. The zero-order chi connectivity index (χ0) is 26.5. The second kappa shape index (κ2) is 12.2. The molecule has 0 saturated carbocycles. The summed E-state index contributed by atoms with van der Waals surface area (Å²) in [5, 5.41) is 6.48. The van der Waals surface area contributed by atoms with Gasteiger partial charge in [0.1, 0.15) is 5.00 Å². The molecule has 0 bridgehead atoms. The lowest BCUT2D eigenvalue weighted by atomic mass is 9.88. The number of amides is 2. The first-order valence-corrected chi connectivity index (χ1v) is 14.3. The van der Waals surface area contributed by atoms with Gasteiger partial charge in [0.05, 0.1) is 17.4 Å². The van der Waals surface area contributed by atoms with Crippen molar-refractivity contribution in [2.24, 2.45) is 5.92 Å². The second-order valence-electron chi connectivity index (χ2n) is 9.02. The summed E-state index contributed by atoms with van der Waals surface area (Å²) < 4.78 is 5.31. The van der Waals surface area contributed by atoms with Gasteiger partial charge in [0.15, 0.2) is 0 Å². The summed E-state index contributed by atoms with van der Waals surface area (Å²) in [5.41, 5.74) is 2.60. The Morgan fingerprint density at radius 1 is 1.16 bits per heavy atom. The summed E-state index contributed by atoms with van der Waals surface area (Å²) in [6.45, 7) is 6.08. The molecule has 194 valence electrons. The quantitative estimate of drug-likeness (QED) is 0.229. The van der Waals surface area contributed by atoms with Gasteiger partial charge < -0.3 is 15.4 Å². The molecule has 0 saturated heterocycles. The molecule has 0 radical (unpaired) electrons. The Kier molecular flexibility index (Phi) is 8.95. The van der Waals surface area contributed by atoms with Crippen molar-refractivity contribution in [3.63, 3.8) is 0 Å². The van der Waals surface area contributed by atoms with E-state index in [0.717, 1.165) is 34.6 Å². The van der Waals surface area contributed by atoms with Gasteiger partial charge in [-0.1, -0.05) is 30.7 Å². The van der Waals surface area contributed by atoms with Crippen molar-refractivity contribution in [1.82, 2.24) is 0 Å². The summed E-state index contributed by atoms with van der Waals surface area (Å²) in [6, 6.07) is 14.1. The van der Waals surface area contributed by atoms with E-state index in [1.807, 2.05) is 25.1 Å². The number of nitrogens with one attached hydrogen (secondary N) is 2. The highest BCUT2D eigenvalue weighted by Crippen LogP contribution is 2.40. The van der Waals surface area contributed by atoms with E-state index in [4.69, 9.17) is 16.3 Å². The largest absolute Gasteiger partial charge is 0.462 e. The topological polar surface area (TPSA) is 84.5 Å². The lowest BCUT2D eigenvalue weighted by Crippen LogP contribution is -2.23. The number of rotatable bonds is 8. The van der Waals surface area contributed by atoms with Crippen LogP contribution in [0.25, 0.3) is 0 Å². The summed E-state index contributed by atoms with van der Waals surface area (Å²) in [5.74, 6) is -0.298. The third kappa shape index (κ3) is 6.74. The van der Waals surface area contributed by atoms with Crippen LogP contribution in [0, 0.1) is 5.92 Å². The minimum absolute atomic E-state index is 0.199. The Balaban J connectivity index is 1.45. The predicted molar refractivity (Wildman–Crippen MR) is 151 cm³/mol. The fourth-order valence-electron chi connectivity index (χ4n) is 4.21. The SMILES string of the molecule is CCOC(=O)c1c(NC(=O)C(C)Sc2cccc(NC(=O)c3cccc(Cl)c3)c2)sc2c1CCC(C)C2. The highest BCUT2D eigenvalue weighted by molar-refractivity contribution is 8.00. The van der Waals surface area contributed by atoms with Crippen LogP contribution in [0.4, 0.5) is 10.7 Å². The maximum Gasteiger partial charge on any atom is 0.341 e. The molecule has 0 spiro atoms. The minimum Gasteiger partial charge on any atom is -0.462 e. The van der Waals surface area contributed by atoms with Gasteiger partial charge in [-0.3, -0.25) is 9.59 Å². The van der Waals surface area contributed by atoms with Crippen molar-refractivity contribution >= 4 is 63.2 Å². The zero-order valence-corrected chi connectivity index (χ0v) is 23.3. The standard InChI is InChI=1S/C28H29ClN2O4S2/c1-4-35-28(34)24-22-12-11-16(2)13-23(22)37-27(24)31-25(32)17(3)36-21-10-6-9-20(15-21)30-26(33)18-7-5-8-19(29)14-18/h5-10,14-17H,4,11-13H2,1-3H3,(H,30,33)(H,31,32). The maximum atomic E-state index is 13.1. The van der Waals surface area contributed by atoms with Crippen molar-refractivity contribution in [2.75, 3.05) is 17.2 Å². The minimum atomic E-state index is -0.438. The van der Waals surface area contributed by atoms with E-state index in [2.05, 4.69) is 17.6 Å². The number of thiophene rings is 1. The molecular weight excluding hydrogens is 528 g/mol. The van der Waals surface area contributed by atoms with Crippen LogP contribution in [0.2, 0.25) is 5.02 Å². The van der Waals surface area contributed by atoms with Gasteiger partial charge >= 0.3 is 5.97 Å². The Morgan fingerprint density at radius 3 is 2.70 bits per heavy atom.